The smallest absolute Gasteiger partial charge is 0.223 e. The molecule has 0 saturated heterocycles. The van der Waals surface area contributed by atoms with Crippen LogP contribution in [-0.2, 0) is 5.75 Å². The van der Waals surface area contributed by atoms with Gasteiger partial charge < -0.3 is 9.51 Å². The lowest BCUT2D eigenvalue weighted by molar-refractivity contribution is 0.389. The number of hydrogen-bond donors (Lipinski definition) is 1. The van der Waals surface area contributed by atoms with Crippen molar-refractivity contribution in [2.24, 2.45) is 0 Å². The zero-order chi connectivity index (χ0) is 13.1. The van der Waals surface area contributed by atoms with Crippen molar-refractivity contribution in [1.82, 2.24) is 20.1 Å². The Hall–Kier alpha value is -2.08. The van der Waals surface area contributed by atoms with Crippen LogP contribution in [0.3, 0.4) is 0 Å². The van der Waals surface area contributed by atoms with Crippen molar-refractivity contribution in [3.8, 4) is 11.3 Å². The van der Waals surface area contributed by atoms with Gasteiger partial charge in [0.2, 0.25) is 5.89 Å². The van der Waals surface area contributed by atoms with Gasteiger partial charge in [0.1, 0.15) is 0 Å². The van der Waals surface area contributed by atoms with E-state index < -0.39 is 0 Å². The van der Waals surface area contributed by atoms with E-state index in [4.69, 9.17) is 4.52 Å². The molecular formula is C13H12N4OS. The van der Waals surface area contributed by atoms with Gasteiger partial charge in [0.05, 0.1) is 17.6 Å². The Morgan fingerprint density at radius 2 is 2.11 bits per heavy atom. The van der Waals surface area contributed by atoms with E-state index in [0.717, 1.165) is 16.4 Å². The van der Waals surface area contributed by atoms with Crippen molar-refractivity contribution in [3.05, 3.63) is 48.2 Å². The number of H-pyrrole nitrogens is 1. The first-order valence-electron chi connectivity index (χ1n) is 5.84. The first-order chi connectivity index (χ1) is 9.31. The van der Waals surface area contributed by atoms with E-state index in [1.165, 1.54) is 0 Å². The lowest BCUT2D eigenvalue weighted by Crippen LogP contribution is -1.85. The monoisotopic (exact) mass is 272 g/mol. The molecule has 0 unspecified atom stereocenters. The second-order valence-electron chi connectivity index (χ2n) is 3.99. The van der Waals surface area contributed by atoms with Crippen LogP contribution in [0.5, 0.6) is 0 Å². The summed E-state index contributed by atoms with van der Waals surface area (Å²) in [4.78, 5) is 11.8. The average molecular weight is 272 g/mol. The molecule has 19 heavy (non-hydrogen) atoms. The summed E-state index contributed by atoms with van der Waals surface area (Å²) in [5.41, 5.74) is 2.13. The highest BCUT2D eigenvalue weighted by atomic mass is 32.2. The molecule has 0 saturated carbocycles. The van der Waals surface area contributed by atoms with Gasteiger partial charge in [-0.3, -0.25) is 0 Å². The Balaban J connectivity index is 1.68. The summed E-state index contributed by atoms with van der Waals surface area (Å²) in [6.45, 7) is 1.78. The van der Waals surface area contributed by atoms with Crippen LogP contribution in [-0.4, -0.2) is 20.1 Å². The van der Waals surface area contributed by atoms with Gasteiger partial charge >= 0.3 is 0 Å². The van der Waals surface area contributed by atoms with E-state index >= 15 is 0 Å². The quantitative estimate of drug-likeness (QED) is 0.739. The third-order valence-corrected chi connectivity index (χ3v) is 3.43. The minimum absolute atomic E-state index is 0.583. The highest BCUT2D eigenvalue weighted by Gasteiger charge is 2.06. The summed E-state index contributed by atoms with van der Waals surface area (Å²) >= 11 is 1.55. The third-order valence-electron chi connectivity index (χ3n) is 2.54. The normalized spacial score (nSPS) is 10.8. The molecule has 96 valence electrons. The highest BCUT2D eigenvalue weighted by Crippen LogP contribution is 2.22. The molecule has 1 aromatic carbocycles. The maximum absolute atomic E-state index is 4.92. The third kappa shape index (κ3) is 2.85. The van der Waals surface area contributed by atoms with Crippen LogP contribution in [0.4, 0.5) is 0 Å². The van der Waals surface area contributed by atoms with Crippen molar-refractivity contribution in [3.63, 3.8) is 0 Å². The largest absolute Gasteiger partial charge is 0.340 e. The molecule has 1 N–H and O–H groups in total. The van der Waals surface area contributed by atoms with Crippen LogP contribution < -0.4 is 0 Å². The maximum Gasteiger partial charge on any atom is 0.223 e. The van der Waals surface area contributed by atoms with Gasteiger partial charge in [-0.25, -0.2) is 4.98 Å². The minimum atomic E-state index is 0.583. The van der Waals surface area contributed by atoms with E-state index in [9.17, 15) is 0 Å². The molecule has 0 spiro atoms. The number of thioether (sulfide) groups is 1. The summed E-state index contributed by atoms with van der Waals surface area (Å²) in [6, 6.07) is 10.1. The lowest BCUT2D eigenvalue weighted by atomic mass is 10.2. The number of imidazole rings is 1. The summed E-state index contributed by atoms with van der Waals surface area (Å²) in [6.07, 6.45) is 1.83. The summed E-state index contributed by atoms with van der Waals surface area (Å²) in [5.74, 6) is 1.90. The number of nitrogens with zero attached hydrogens (tertiary/aromatic N) is 3. The summed E-state index contributed by atoms with van der Waals surface area (Å²) < 4.78 is 4.92. The first-order valence-corrected chi connectivity index (χ1v) is 6.82. The molecule has 2 heterocycles. The van der Waals surface area contributed by atoms with Crippen molar-refractivity contribution < 1.29 is 4.52 Å². The van der Waals surface area contributed by atoms with Crippen LogP contribution >= 0.6 is 11.8 Å². The molecule has 6 heteroatoms. The van der Waals surface area contributed by atoms with E-state index in [-0.39, 0.29) is 0 Å². The fraction of sp³-hybridized carbons (Fsp3) is 0.154. The molecule has 0 amide bonds. The molecule has 0 fully saturated rings. The zero-order valence-electron chi connectivity index (χ0n) is 10.3. The highest BCUT2D eigenvalue weighted by molar-refractivity contribution is 7.98. The van der Waals surface area contributed by atoms with E-state index in [1.807, 2.05) is 36.5 Å². The molecule has 5 nitrogen and oxygen atoms in total. The Morgan fingerprint density at radius 3 is 2.84 bits per heavy atom. The van der Waals surface area contributed by atoms with E-state index in [1.54, 1.807) is 18.7 Å². The van der Waals surface area contributed by atoms with Crippen LogP contribution in [0.2, 0.25) is 0 Å². The van der Waals surface area contributed by atoms with Gasteiger partial charge in [-0.1, -0.05) is 47.3 Å². The molecule has 0 bridgehead atoms. The van der Waals surface area contributed by atoms with E-state index in [2.05, 4.69) is 20.1 Å². The van der Waals surface area contributed by atoms with Gasteiger partial charge in [-0.05, 0) is 5.56 Å². The van der Waals surface area contributed by atoms with Gasteiger partial charge in [-0.15, -0.1) is 0 Å². The van der Waals surface area contributed by atoms with Crippen molar-refractivity contribution >= 4 is 11.8 Å². The Labute approximate surface area is 114 Å². The topological polar surface area (TPSA) is 67.6 Å². The number of hydrogen-bond acceptors (Lipinski definition) is 5. The molecule has 3 rings (SSSR count). The Kier molecular flexibility index (Phi) is 3.33. The zero-order valence-corrected chi connectivity index (χ0v) is 11.1. The minimum Gasteiger partial charge on any atom is -0.340 e. The van der Waals surface area contributed by atoms with Crippen molar-refractivity contribution in [1.29, 1.82) is 0 Å². The number of aromatic nitrogens is 4. The molecule has 0 aliphatic carbocycles. The Morgan fingerprint density at radius 1 is 1.26 bits per heavy atom. The molecule has 0 atom stereocenters. The standard InChI is InChI=1S/C13H12N4OS/c1-9-15-12(17-18-9)8-19-13-14-7-11(16-13)10-5-3-2-4-6-10/h2-7H,8H2,1H3,(H,14,16). The first kappa shape index (κ1) is 12.0. The average Bonchev–Trinajstić information content (AvgIpc) is 3.06. The lowest BCUT2D eigenvalue weighted by Gasteiger charge is -1.95. The van der Waals surface area contributed by atoms with Gasteiger partial charge in [0.25, 0.3) is 0 Å². The van der Waals surface area contributed by atoms with Crippen LogP contribution in [0.25, 0.3) is 11.3 Å². The number of benzene rings is 1. The van der Waals surface area contributed by atoms with Crippen LogP contribution in [0.15, 0.2) is 46.2 Å². The van der Waals surface area contributed by atoms with Crippen LogP contribution in [0.1, 0.15) is 11.7 Å². The van der Waals surface area contributed by atoms with Gasteiger partial charge in [-0.2, -0.15) is 4.98 Å². The second kappa shape index (κ2) is 5.27. The molecule has 3 aromatic rings. The van der Waals surface area contributed by atoms with Gasteiger partial charge in [0, 0.05) is 6.92 Å². The molecule has 0 radical (unpaired) electrons. The fourth-order valence-electron chi connectivity index (χ4n) is 1.67. The SMILES string of the molecule is Cc1nc(CSc2ncc(-c3ccccc3)[nH]2)no1. The number of rotatable bonds is 4. The van der Waals surface area contributed by atoms with Crippen LogP contribution in [0, 0.1) is 6.92 Å². The van der Waals surface area contributed by atoms with E-state index in [0.29, 0.717) is 17.5 Å². The summed E-state index contributed by atoms with van der Waals surface area (Å²) in [5, 5.41) is 4.70. The summed E-state index contributed by atoms with van der Waals surface area (Å²) in [7, 11) is 0. The predicted molar refractivity (Wildman–Crippen MR) is 72.6 cm³/mol. The molecule has 2 aromatic heterocycles. The predicted octanol–water partition coefficient (Wildman–Crippen LogP) is 3.06. The molecule has 0 aliphatic rings. The van der Waals surface area contributed by atoms with Crippen molar-refractivity contribution in [2.45, 2.75) is 17.8 Å². The Bertz CT molecular complexity index is 662. The number of aryl methyl sites for hydroxylation is 1. The maximum atomic E-state index is 4.92. The fourth-order valence-corrected chi connectivity index (χ4v) is 2.37. The molecular weight excluding hydrogens is 260 g/mol. The number of aromatic amines is 1. The second-order valence-corrected chi connectivity index (χ2v) is 4.95. The molecule has 0 aliphatic heterocycles. The van der Waals surface area contributed by atoms with Crippen molar-refractivity contribution in [2.75, 3.05) is 0 Å². The number of nitrogens with one attached hydrogen (secondary N) is 1. The van der Waals surface area contributed by atoms with Gasteiger partial charge in [0.15, 0.2) is 11.0 Å².